The van der Waals surface area contributed by atoms with Crippen molar-refractivity contribution < 1.29 is 28.7 Å². The normalized spacial score (nSPS) is 20.3. The first-order valence-corrected chi connectivity index (χ1v) is 20.2. The fourth-order valence-corrected chi connectivity index (χ4v) is 8.85. The lowest BCUT2D eigenvalue weighted by atomic mass is 9.73. The minimum absolute atomic E-state index is 0. The van der Waals surface area contributed by atoms with Crippen molar-refractivity contribution in [3.05, 3.63) is 71.4 Å². The molecule has 0 unspecified atom stereocenters. The van der Waals surface area contributed by atoms with Gasteiger partial charge in [-0.15, -0.1) is 0 Å². The number of imidazole rings is 2. The molecule has 4 aliphatic rings. The number of hydrogen-bond acceptors (Lipinski definition) is 8. The van der Waals surface area contributed by atoms with E-state index >= 15 is 0 Å². The van der Waals surface area contributed by atoms with Crippen LogP contribution in [0.1, 0.15) is 108 Å². The van der Waals surface area contributed by atoms with Gasteiger partial charge in [0.05, 0.1) is 61.6 Å². The first-order valence-electron chi connectivity index (χ1n) is 20.2. The van der Waals surface area contributed by atoms with Crippen molar-refractivity contribution in [1.29, 1.82) is 0 Å². The summed E-state index contributed by atoms with van der Waals surface area (Å²) in [6.45, 7) is 8.37. The van der Waals surface area contributed by atoms with Gasteiger partial charge >= 0.3 is 12.1 Å². The fraction of sp³-hybridized carbons (Fsp3) is 0.500. The van der Waals surface area contributed by atoms with E-state index in [-0.39, 0.29) is 94.7 Å². The number of aromatic nitrogens is 4. The number of amides is 3. The monoisotopic (exact) mass is 877 g/mol. The number of hydrogen-bond donors (Lipinski definition) is 3. The average molecular weight is 878 g/mol. The predicted molar refractivity (Wildman–Crippen MR) is 245 cm³/mol. The highest BCUT2D eigenvalue weighted by atomic mass is 32.1. The van der Waals surface area contributed by atoms with Crippen molar-refractivity contribution in [2.24, 2.45) is 23.7 Å². The molecule has 2 aromatic heterocycles. The van der Waals surface area contributed by atoms with E-state index in [4.69, 9.17) is 14.5 Å². The average Bonchev–Trinajstić information content (AvgIpc) is 4.01. The summed E-state index contributed by atoms with van der Waals surface area (Å²) < 4.78 is 9.70. The molecule has 2 bridgehead atoms. The predicted octanol–water partition coefficient (Wildman–Crippen LogP) is 7.01. The van der Waals surface area contributed by atoms with Gasteiger partial charge in [0.2, 0.25) is 11.8 Å². The van der Waals surface area contributed by atoms with Gasteiger partial charge in [-0.1, -0.05) is 51.7 Å². The third-order valence-electron chi connectivity index (χ3n) is 12.0. The molecule has 3 N–H and O–H groups in total. The molecule has 3 amide bonds. The van der Waals surface area contributed by atoms with Crippen molar-refractivity contribution in [2.45, 2.75) is 96.8 Å². The number of fused-ring (bicyclic) bond motifs is 4. The number of H-pyrrole nitrogens is 2. The Labute approximate surface area is 373 Å². The second-order valence-corrected chi connectivity index (χ2v) is 16.3. The van der Waals surface area contributed by atoms with Gasteiger partial charge in [0.15, 0.2) is 0 Å². The van der Waals surface area contributed by atoms with Crippen LogP contribution in [0.5, 0.6) is 0 Å². The fourth-order valence-electron chi connectivity index (χ4n) is 8.85. The Morgan fingerprint density at radius 1 is 0.833 bits per heavy atom. The summed E-state index contributed by atoms with van der Waals surface area (Å²) in [5.41, 5.74) is 5.18. The molecule has 4 fully saturated rings. The van der Waals surface area contributed by atoms with Crippen LogP contribution in [0.2, 0.25) is 0 Å². The second-order valence-electron chi connectivity index (χ2n) is 16.3. The first-order chi connectivity index (χ1) is 27.4. The largest absolute Gasteiger partial charge is 0.469 e. The lowest BCUT2D eigenvalue weighted by Gasteiger charge is -2.51. The van der Waals surface area contributed by atoms with E-state index in [9.17, 15) is 19.2 Å². The van der Waals surface area contributed by atoms with Gasteiger partial charge in [0, 0.05) is 23.7 Å². The number of nitrogens with zero attached hydrogens (tertiary/aromatic N) is 4. The SMILES string of the molecule is COC(=O)C[C@H](C(=O)N1C2CCC(CC2)[C@H]1c1nc2ccc(C#Cc3ccc(-c4cnc([C@@H]5CCCN5C(=O)[C@@H](NC(=O)OC)C(C)C)[nH]4)cc3)cc2[nH]1)C(C)C.S.S.S. The Morgan fingerprint density at radius 2 is 1.52 bits per heavy atom. The van der Waals surface area contributed by atoms with Gasteiger partial charge in [0.25, 0.3) is 0 Å². The molecule has 4 aromatic rings. The molecule has 3 saturated heterocycles. The lowest BCUT2D eigenvalue weighted by Crippen LogP contribution is -2.55. The molecule has 4 atom stereocenters. The van der Waals surface area contributed by atoms with Crippen LogP contribution in [0.4, 0.5) is 4.79 Å². The molecular formula is C44H59N7O6S3. The van der Waals surface area contributed by atoms with Crippen LogP contribution in [-0.4, -0.2) is 86.5 Å². The molecule has 0 spiro atoms. The van der Waals surface area contributed by atoms with Gasteiger partial charge < -0.3 is 34.6 Å². The van der Waals surface area contributed by atoms with Crippen molar-refractivity contribution in [3.8, 4) is 23.1 Å². The number of carbonyl (C=O) groups excluding carboxylic acids is 4. The molecule has 13 nitrogen and oxygen atoms in total. The Kier molecular flexibility index (Phi) is 16.7. The van der Waals surface area contributed by atoms with Crippen molar-refractivity contribution >= 4 is 75.4 Å². The maximum absolute atomic E-state index is 14.1. The third kappa shape index (κ3) is 10.1. The summed E-state index contributed by atoms with van der Waals surface area (Å²) in [4.78, 5) is 72.4. The summed E-state index contributed by atoms with van der Waals surface area (Å²) in [7, 11) is 2.66. The van der Waals surface area contributed by atoms with E-state index in [1.807, 2.05) is 75.1 Å². The molecule has 5 heterocycles. The van der Waals surface area contributed by atoms with E-state index < -0.39 is 18.1 Å². The molecule has 324 valence electrons. The molecule has 0 radical (unpaired) electrons. The number of likely N-dealkylation sites (tertiary alicyclic amines) is 1. The Hall–Kier alpha value is -4.59. The number of ether oxygens (including phenoxy) is 2. The molecule has 60 heavy (non-hydrogen) atoms. The number of carbonyl (C=O) groups is 4. The molecule has 8 rings (SSSR count). The van der Waals surface area contributed by atoms with Crippen LogP contribution in [0.15, 0.2) is 48.7 Å². The highest BCUT2D eigenvalue weighted by Crippen LogP contribution is 2.48. The first kappa shape index (κ1) is 48.1. The van der Waals surface area contributed by atoms with Crippen LogP contribution in [-0.2, 0) is 23.9 Å². The quantitative estimate of drug-likeness (QED) is 0.113. The summed E-state index contributed by atoms with van der Waals surface area (Å²) in [6, 6.07) is 13.0. The molecule has 2 aromatic carbocycles. The number of methoxy groups -OCH3 is 2. The zero-order valence-corrected chi connectivity index (χ0v) is 38.1. The Balaban J connectivity index is 0.00000265. The van der Waals surface area contributed by atoms with Crippen LogP contribution in [0.3, 0.4) is 0 Å². The van der Waals surface area contributed by atoms with Crippen LogP contribution in [0.25, 0.3) is 22.3 Å². The van der Waals surface area contributed by atoms with Gasteiger partial charge in [-0.3, -0.25) is 14.4 Å². The number of aromatic amines is 2. The Bertz CT molecular complexity index is 2190. The summed E-state index contributed by atoms with van der Waals surface area (Å²) >= 11 is 0. The molecular weight excluding hydrogens is 819 g/mol. The van der Waals surface area contributed by atoms with Crippen molar-refractivity contribution in [2.75, 3.05) is 20.8 Å². The van der Waals surface area contributed by atoms with E-state index in [0.717, 1.165) is 77.8 Å². The van der Waals surface area contributed by atoms with Gasteiger partial charge in [0.1, 0.15) is 17.7 Å². The van der Waals surface area contributed by atoms with Crippen molar-refractivity contribution in [3.63, 3.8) is 0 Å². The highest BCUT2D eigenvalue weighted by Gasteiger charge is 2.48. The maximum atomic E-state index is 14.1. The highest BCUT2D eigenvalue weighted by molar-refractivity contribution is 7.59. The number of esters is 1. The van der Waals surface area contributed by atoms with E-state index in [1.54, 1.807) is 11.1 Å². The van der Waals surface area contributed by atoms with Crippen molar-refractivity contribution in [1.82, 2.24) is 35.1 Å². The van der Waals surface area contributed by atoms with E-state index in [0.29, 0.717) is 18.3 Å². The smallest absolute Gasteiger partial charge is 0.407 e. The zero-order valence-electron chi connectivity index (χ0n) is 35.1. The van der Waals surface area contributed by atoms with Crippen LogP contribution in [0, 0.1) is 35.5 Å². The maximum Gasteiger partial charge on any atom is 0.407 e. The number of alkyl carbamates (subject to hydrolysis) is 1. The zero-order chi connectivity index (χ0) is 40.4. The molecule has 16 heteroatoms. The summed E-state index contributed by atoms with van der Waals surface area (Å²) in [5, 5.41) is 2.69. The van der Waals surface area contributed by atoms with E-state index in [2.05, 4.69) is 32.1 Å². The van der Waals surface area contributed by atoms with Gasteiger partial charge in [-0.05, 0) is 92.2 Å². The number of rotatable bonds is 10. The Morgan fingerprint density at radius 3 is 2.17 bits per heavy atom. The summed E-state index contributed by atoms with van der Waals surface area (Å²) in [6.07, 6.45) is 6.90. The lowest BCUT2D eigenvalue weighted by molar-refractivity contribution is -0.156. The standard InChI is InChI=1S/C44H53N7O6.3H2S/c1-25(2)32(23-37(52)56-5)42(53)51-31-18-16-30(17-19-31)39(51)41-46-33-20-13-28(22-34(33)47-41)10-9-27-11-14-29(15-12-27)35-24-45-40(48-35)36-8-7-21-50(36)43(54)38(26(3)4)49-44(55)57-6;;;/h11-15,20,22,24-26,30-32,36,38-39H,7-8,16-19,21,23H2,1-6H3,(H,45,48)(H,46,47)(H,49,55);3*1H2/t30?,31?,32-,36-,38-,39-;;;/m0.../s1. The second kappa shape index (κ2) is 20.8. The van der Waals surface area contributed by atoms with E-state index in [1.165, 1.54) is 14.2 Å². The topological polar surface area (TPSA) is 163 Å². The van der Waals surface area contributed by atoms with Crippen LogP contribution >= 0.6 is 40.5 Å². The number of nitrogens with one attached hydrogen (secondary N) is 3. The molecule has 1 saturated carbocycles. The third-order valence-corrected chi connectivity index (χ3v) is 12.0. The van der Waals surface area contributed by atoms with Gasteiger partial charge in [-0.25, -0.2) is 14.8 Å². The molecule has 1 aliphatic carbocycles. The minimum Gasteiger partial charge on any atom is -0.469 e. The minimum atomic E-state index is -0.691. The number of benzene rings is 2. The van der Waals surface area contributed by atoms with Gasteiger partial charge in [-0.2, -0.15) is 40.5 Å². The molecule has 3 aliphatic heterocycles. The van der Waals surface area contributed by atoms with Crippen LogP contribution < -0.4 is 5.32 Å². The summed E-state index contributed by atoms with van der Waals surface area (Å²) in [5.74, 6) is 7.34. The number of piperidine rings is 2.